The summed E-state index contributed by atoms with van der Waals surface area (Å²) < 4.78 is 0.725. The Morgan fingerprint density at radius 3 is 2.55 bits per heavy atom. The molecule has 0 saturated heterocycles. The zero-order chi connectivity index (χ0) is 14.7. The molecule has 1 atom stereocenters. The smallest absolute Gasteiger partial charge is 0.319 e. The Hall–Kier alpha value is -1.52. The fraction of sp³-hybridized carbons (Fsp3) is 0.267. The molecular weight excluding hydrogens is 292 g/mol. The standard InChI is InChI=1S/C15H17ClN2OS/c1-9-4-5-12(8-10(9)2)18-15(19)17-11(3)13-6-7-14(16)20-13/h4-8,11H,1-3H3,(H2,17,18,19)/t11-/m0/s1. The Labute approximate surface area is 128 Å². The minimum atomic E-state index is -0.217. The fourth-order valence-corrected chi connectivity index (χ4v) is 2.88. The van der Waals surface area contributed by atoms with Crippen LogP contribution in [0.4, 0.5) is 10.5 Å². The van der Waals surface area contributed by atoms with E-state index in [1.165, 1.54) is 16.9 Å². The number of rotatable bonds is 3. The number of carbonyl (C=O) groups is 1. The molecule has 2 rings (SSSR count). The molecule has 20 heavy (non-hydrogen) atoms. The van der Waals surface area contributed by atoms with Gasteiger partial charge < -0.3 is 10.6 Å². The van der Waals surface area contributed by atoms with Crippen LogP contribution in [0.3, 0.4) is 0 Å². The van der Waals surface area contributed by atoms with Crippen molar-refractivity contribution in [2.45, 2.75) is 26.8 Å². The summed E-state index contributed by atoms with van der Waals surface area (Å²) in [5.41, 5.74) is 3.15. The number of thiophene rings is 1. The average molecular weight is 309 g/mol. The van der Waals surface area contributed by atoms with Gasteiger partial charge in [-0.1, -0.05) is 17.7 Å². The van der Waals surface area contributed by atoms with E-state index in [1.807, 2.05) is 51.1 Å². The molecule has 3 nitrogen and oxygen atoms in total. The maximum Gasteiger partial charge on any atom is 0.319 e. The lowest BCUT2D eigenvalue weighted by atomic mass is 10.1. The van der Waals surface area contributed by atoms with Crippen LogP contribution in [0.2, 0.25) is 4.34 Å². The van der Waals surface area contributed by atoms with E-state index in [4.69, 9.17) is 11.6 Å². The van der Waals surface area contributed by atoms with Gasteiger partial charge in [0.25, 0.3) is 0 Å². The Bertz CT molecular complexity index is 624. The highest BCUT2D eigenvalue weighted by Gasteiger charge is 2.11. The van der Waals surface area contributed by atoms with Crippen LogP contribution < -0.4 is 10.6 Å². The predicted molar refractivity (Wildman–Crippen MR) is 85.8 cm³/mol. The number of hydrogen-bond donors (Lipinski definition) is 2. The van der Waals surface area contributed by atoms with E-state index in [0.29, 0.717) is 0 Å². The molecule has 0 fully saturated rings. The predicted octanol–water partition coefficient (Wildman–Crippen LogP) is 4.90. The Kier molecular flexibility index (Phi) is 4.68. The van der Waals surface area contributed by atoms with E-state index in [-0.39, 0.29) is 12.1 Å². The maximum atomic E-state index is 11.9. The van der Waals surface area contributed by atoms with E-state index in [2.05, 4.69) is 10.6 Å². The molecule has 2 amide bonds. The van der Waals surface area contributed by atoms with Gasteiger partial charge in [-0.3, -0.25) is 0 Å². The zero-order valence-electron chi connectivity index (χ0n) is 11.7. The van der Waals surface area contributed by atoms with Crippen LogP contribution in [0, 0.1) is 13.8 Å². The van der Waals surface area contributed by atoms with Gasteiger partial charge >= 0.3 is 6.03 Å². The third-order valence-corrected chi connectivity index (χ3v) is 4.55. The molecule has 0 saturated carbocycles. The quantitative estimate of drug-likeness (QED) is 0.832. The number of aryl methyl sites for hydroxylation is 2. The molecule has 0 unspecified atom stereocenters. The number of nitrogens with one attached hydrogen (secondary N) is 2. The second kappa shape index (κ2) is 6.29. The summed E-state index contributed by atoms with van der Waals surface area (Å²) in [6, 6.07) is 9.32. The van der Waals surface area contributed by atoms with Crippen molar-refractivity contribution in [1.29, 1.82) is 0 Å². The summed E-state index contributed by atoms with van der Waals surface area (Å²) in [4.78, 5) is 13.0. The lowest BCUT2D eigenvalue weighted by Gasteiger charge is -2.13. The fourth-order valence-electron chi connectivity index (χ4n) is 1.82. The second-order valence-corrected chi connectivity index (χ2v) is 6.51. The third kappa shape index (κ3) is 3.74. The summed E-state index contributed by atoms with van der Waals surface area (Å²) in [5.74, 6) is 0. The van der Waals surface area contributed by atoms with Gasteiger partial charge in [0.2, 0.25) is 0 Å². The molecule has 1 aromatic carbocycles. The minimum Gasteiger partial charge on any atom is -0.331 e. The normalized spacial score (nSPS) is 12.0. The van der Waals surface area contributed by atoms with Crippen LogP contribution in [-0.2, 0) is 0 Å². The molecule has 0 radical (unpaired) electrons. The highest BCUT2D eigenvalue weighted by atomic mass is 35.5. The van der Waals surface area contributed by atoms with Gasteiger partial charge in [0.15, 0.2) is 0 Å². The largest absolute Gasteiger partial charge is 0.331 e. The SMILES string of the molecule is Cc1ccc(NC(=O)N[C@@H](C)c2ccc(Cl)s2)cc1C. The first-order chi connectivity index (χ1) is 9.45. The third-order valence-electron chi connectivity index (χ3n) is 3.13. The number of benzene rings is 1. The van der Waals surface area contributed by atoms with Crippen molar-refractivity contribution < 1.29 is 4.79 Å². The monoisotopic (exact) mass is 308 g/mol. The maximum absolute atomic E-state index is 11.9. The van der Waals surface area contributed by atoms with Gasteiger partial charge in [-0.05, 0) is 56.2 Å². The van der Waals surface area contributed by atoms with E-state index >= 15 is 0 Å². The summed E-state index contributed by atoms with van der Waals surface area (Å²) in [6.07, 6.45) is 0. The Morgan fingerprint density at radius 2 is 1.95 bits per heavy atom. The van der Waals surface area contributed by atoms with Crippen LogP contribution in [0.1, 0.15) is 29.0 Å². The molecule has 1 aromatic heterocycles. The van der Waals surface area contributed by atoms with Gasteiger partial charge in [0.05, 0.1) is 10.4 Å². The van der Waals surface area contributed by atoms with Crippen molar-refractivity contribution in [2.24, 2.45) is 0 Å². The molecule has 0 aliphatic rings. The minimum absolute atomic E-state index is 0.0703. The van der Waals surface area contributed by atoms with Gasteiger partial charge in [-0.2, -0.15) is 0 Å². The van der Waals surface area contributed by atoms with E-state index < -0.39 is 0 Å². The molecule has 0 bridgehead atoms. The van der Waals surface area contributed by atoms with Crippen molar-refractivity contribution in [3.8, 4) is 0 Å². The number of anilines is 1. The van der Waals surface area contributed by atoms with Crippen molar-refractivity contribution >= 4 is 34.7 Å². The van der Waals surface area contributed by atoms with Crippen LogP contribution in [-0.4, -0.2) is 6.03 Å². The number of hydrogen-bond acceptors (Lipinski definition) is 2. The van der Waals surface area contributed by atoms with Crippen molar-refractivity contribution in [3.63, 3.8) is 0 Å². The molecule has 0 aliphatic heterocycles. The number of halogens is 1. The summed E-state index contributed by atoms with van der Waals surface area (Å²) in [7, 11) is 0. The van der Waals surface area contributed by atoms with E-state index in [0.717, 1.165) is 20.5 Å². The van der Waals surface area contributed by atoms with Crippen LogP contribution in [0.15, 0.2) is 30.3 Å². The molecular formula is C15H17ClN2OS. The van der Waals surface area contributed by atoms with Gasteiger partial charge in [-0.15, -0.1) is 11.3 Å². The lowest BCUT2D eigenvalue weighted by molar-refractivity contribution is 0.249. The molecule has 0 aliphatic carbocycles. The Morgan fingerprint density at radius 1 is 1.20 bits per heavy atom. The topological polar surface area (TPSA) is 41.1 Å². The van der Waals surface area contributed by atoms with Crippen molar-refractivity contribution in [2.75, 3.05) is 5.32 Å². The first kappa shape index (κ1) is 14.9. The number of amides is 2. The average Bonchev–Trinajstić information content (AvgIpc) is 2.80. The zero-order valence-corrected chi connectivity index (χ0v) is 13.2. The van der Waals surface area contributed by atoms with Gasteiger partial charge in [0.1, 0.15) is 0 Å². The molecule has 2 N–H and O–H groups in total. The first-order valence-electron chi connectivity index (χ1n) is 6.35. The van der Waals surface area contributed by atoms with Gasteiger partial charge in [-0.25, -0.2) is 4.79 Å². The number of urea groups is 1. The molecule has 5 heteroatoms. The molecule has 0 spiro atoms. The van der Waals surface area contributed by atoms with E-state index in [1.54, 1.807) is 0 Å². The highest BCUT2D eigenvalue weighted by Crippen LogP contribution is 2.26. The van der Waals surface area contributed by atoms with Crippen molar-refractivity contribution in [1.82, 2.24) is 5.32 Å². The number of carbonyl (C=O) groups excluding carboxylic acids is 1. The van der Waals surface area contributed by atoms with Crippen LogP contribution in [0.5, 0.6) is 0 Å². The molecule has 2 aromatic rings. The van der Waals surface area contributed by atoms with Crippen LogP contribution >= 0.6 is 22.9 Å². The highest BCUT2D eigenvalue weighted by molar-refractivity contribution is 7.16. The summed E-state index contributed by atoms with van der Waals surface area (Å²) >= 11 is 7.36. The van der Waals surface area contributed by atoms with Crippen molar-refractivity contribution in [3.05, 3.63) is 50.7 Å². The summed E-state index contributed by atoms with van der Waals surface area (Å²) in [5, 5.41) is 5.73. The molecule has 1 heterocycles. The van der Waals surface area contributed by atoms with E-state index in [9.17, 15) is 4.79 Å². The van der Waals surface area contributed by atoms with Gasteiger partial charge in [0, 0.05) is 10.6 Å². The second-order valence-electron chi connectivity index (χ2n) is 4.76. The first-order valence-corrected chi connectivity index (χ1v) is 7.55. The Balaban J connectivity index is 1.96. The molecule has 106 valence electrons. The summed E-state index contributed by atoms with van der Waals surface area (Å²) in [6.45, 7) is 6.00. The lowest BCUT2D eigenvalue weighted by Crippen LogP contribution is -2.30. The van der Waals surface area contributed by atoms with Crippen LogP contribution in [0.25, 0.3) is 0 Å².